The van der Waals surface area contributed by atoms with Crippen molar-refractivity contribution in [3.63, 3.8) is 0 Å². The predicted molar refractivity (Wildman–Crippen MR) is 169 cm³/mol. The SMILES string of the molecule is CC(C)n1cncc1Cn1c(CN2CCC(Oc3cccc(COc4ccc(C#N)cc4F)c3)CC2)nc2ccc(C(=O)O)cc21. The van der Waals surface area contributed by atoms with Gasteiger partial charge in [0.25, 0.3) is 0 Å². The summed E-state index contributed by atoms with van der Waals surface area (Å²) in [5.74, 6) is 0.168. The predicted octanol–water partition coefficient (Wildman–Crippen LogP) is 6.19. The second kappa shape index (κ2) is 13.4. The first-order valence-electron chi connectivity index (χ1n) is 15.3. The summed E-state index contributed by atoms with van der Waals surface area (Å²) in [7, 11) is 0. The van der Waals surface area contributed by atoms with Crippen molar-refractivity contribution in [3.8, 4) is 17.6 Å². The number of ether oxygens (including phenoxy) is 2. The van der Waals surface area contributed by atoms with Crippen LogP contribution in [-0.2, 0) is 19.7 Å². The topological polar surface area (TPSA) is 118 Å². The number of piperidine rings is 1. The van der Waals surface area contributed by atoms with E-state index in [1.54, 1.807) is 18.2 Å². The first-order chi connectivity index (χ1) is 22.3. The van der Waals surface area contributed by atoms with E-state index in [9.17, 15) is 14.3 Å². The summed E-state index contributed by atoms with van der Waals surface area (Å²) in [4.78, 5) is 23.4. The number of halogens is 1. The molecule has 3 aromatic carbocycles. The highest BCUT2D eigenvalue weighted by atomic mass is 19.1. The fourth-order valence-electron chi connectivity index (χ4n) is 5.82. The van der Waals surface area contributed by atoms with Crippen LogP contribution in [0.2, 0.25) is 0 Å². The maximum absolute atomic E-state index is 14.2. The molecule has 0 unspecified atom stereocenters. The second-order valence-corrected chi connectivity index (χ2v) is 11.8. The average Bonchev–Trinajstić information content (AvgIpc) is 3.66. The quantitative estimate of drug-likeness (QED) is 0.185. The molecule has 0 radical (unpaired) electrons. The summed E-state index contributed by atoms with van der Waals surface area (Å²) in [6.45, 7) is 7.18. The Kier molecular flexibility index (Phi) is 8.99. The molecule has 0 aliphatic carbocycles. The normalized spacial score (nSPS) is 14.1. The molecule has 0 atom stereocenters. The third-order valence-electron chi connectivity index (χ3n) is 8.25. The van der Waals surface area contributed by atoms with Crippen LogP contribution in [0.3, 0.4) is 0 Å². The Morgan fingerprint density at radius 2 is 1.93 bits per heavy atom. The highest BCUT2D eigenvalue weighted by molar-refractivity contribution is 5.92. The molecule has 3 heterocycles. The molecule has 1 aliphatic rings. The first-order valence-corrected chi connectivity index (χ1v) is 15.3. The summed E-state index contributed by atoms with van der Waals surface area (Å²) in [5, 5.41) is 18.6. The summed E-state index contributed by atoms with van der Waals surface area (Å²) >= 11 is 0. The van der Waals surface area contributed by atoms with Gasteiger partial charge in [0.15, 0.2) is 11.6 Å². The number of fused-ring (bicyclic) bond motifs is 1. The van der Waals surface area contributed by atoms with Gasteiger partial charge in [0.05, 0.1) is 53.3 Å². The number of imidazole rings is 2. The molecule has 10 nitrogen and oxygen atoms in total. The Balaban J connectivity index is 1.10. The number of hydrogen-bond acceptors (Lipinski definition) is 7. The zero-order chi connectivity index (χ0) is 32.2. The van der Waals surface area contributed by atoms with Crippen molar-refractivity contribution in [1.82, 2.24) is 24.0 Å². The van der Waals surface area contributed by atoms with Crippen LogP contribution in [0.4, 0.5) is 4.39 Å². The number of aromatic nitrogens is 4. The van der Waals surface area contributed by atoms with Gasteiger partial charge in [0, 0.05) is 25.3 Å². The number of likely N-dealkylation sites (tertiary alicyclic amines) is 1. The van der Waals surface area contributed by atoms with Gasteiger partial charge in [0.2, 0.25) is 0 Å². The third-order valence-corrected chi connectivity index (χ3v) is 8.25. The number of hydrogen-bond donors (Lipinski definition) is 1. The van der Waals surface area contributed by atoms with Gasteiger partial charge in [-0.15, -0.1) is 0 Å². The highest BCUT2D eigenvalue weighted by Crippen LogP contribution is 2.26. The van der Waals surface area contributed by atoms with Gasteiger partial charge in [-0.2, -0.15) is 5.26 Å². The summed E-state index contributed by atoms with van der Waals surface area (Å²) < 4.78 is 30.4. The number of carboxylic acids is 1. The Labute approximate surface area is 266 Å². The Morgan fingerprint density at radius 3 is 2.67 bits per heavy atom. The van der Waals surface area contributed by atoms with Crippen LogP contribution in [0, 0.1) is 17.1 Å². The van der Waals surface area contributed by atoms with Gasteiger partial charge in [-0.3, -0.25) is 4.90 Å². The minimum absolute atomic E-state index is 0.0423. The van der Waals surface area contributed by atoms with Crippen molar-refractivity contribution in [2.24, 2.45) is 0 Å². The van der Waals surface area contributed by atoms with E-state index in [4.69, 9.17) is 19.7 Å². The van der Waals surface area contributed by atoms with Gasteiger partial charge in [-0.1, -0.05) is 12.1 Å². The van der Waals surface area contributed by atoms with Crippen LogP contribution in [0.25, 0.3) is 11.0 Å². The molecule has 46 heavy (non-hydrogen) atoms. The van der Waals surface area contributed by atoms with Crippen LogP contribution in [0.1, 0.15) is 65.7 Å². The minimum Gasteiger partial charge on any atom is -0.490 e. The zero-order valence-corrected chi connectivity index (χ0v) is 25.8. The summed E-state index contributed by atoms with van der Waals surface area (Å²) in [5.41, 5.74) is 3.90. The monoisotopic (exact) mass is 622 g/mol. The van der Waals surface area contributed by atoms with Crippen molar-refractivity contribution in [2.75, 3.05) is 13.1 Å². The molecule has 2 aromatic heterocycles. The standard InChI is InChI=1S/C35H35FN6O4/c1-23(2)42-22-38-18-27(42)19-41-32-16-26(35(43)44)7-8-31(32)39-34(41)20-40-12-10-28(11-13-40)46-29-5-3-4-25(14-29)21-45-33-9-6-24(17-37)15-30(33)36/h3-9,14-16,18,22-23,28H,10-13,19-21H2,1-2H3,(H,43,44). The smallest absolute Gasteiger partial charge is 0.335 e. The Bertz CT molecular complexity index is 1900. The van der Waals surface area contributed by atoms with E-state index in [2.05, 4.69) is 32.9 Å². The van der Waals surface area contributed by atoms with Crippen LogP contribution < -0.4 is 9.47 Å². The molecule has 5 aromatic rings. The number of rotatable bonds is 11. The number of nitrogens with zero attached hydrogens (tertiary/aromatic N) is 6. The second-order valence-electron chi connectivity index (χ2n) is 11.8. The number of carboxylic acid groups (broad SMARTS) is 1. The molecule has 0 spiro atoms. The van der Waals surface area contributed by atoms with E-state index >= 15 is 0 Å². The minimum atomic E-state index is -0.969. The number of aromatic carboxylic acids is 1. The average molecular weight is 623 g/mol. The fraction of sp³-hybridized carbons (Fsp3) is 0.314. The van der Waals surface area contributed by atoms with E-state index in [1.807, 2.05) is 42.9 Å². The molecule has 0 amide bonds. The molecule has 11 heteroatoms. The van der Waals surface area contributed by atoms with Crippen molar-refractivity contribution in [1.29, 1.82) is 5.26 Å². The third kappa shape index (κ3) is 6.87. The van der Waals surface area contributed by atoms with Gasteiger partial charge in [0.1, 0.15) is 24.3 Å². The van der Waals surface area contributed by atoms with Gasteiger partial charge >= 0.3 is 5.97 Å². The molecule has 1 saturated heterocycles. The van der Waals surface area contributed by atoms with Gasteiger partial charge in [-0.25, -0.2) is 19.2 Å². The molecule has 1 N–H and O–H groups in total. The highest BCUT2D eigenvalue weighted by Gasteiger charge is 2.24. The van der Waals surface area contributed by atoms with Gasteiger partial charge in [-0.05, 0) is 80.8 Å². The number of benzene rings is 3. The summed E-state index contributed by atoms with van der Waals surface area (Å²) in [6.07, 6.45) is 5.39. The lowest BCUT2D eigenvalue weighted by Crippen LogP contribution is -2.38. The number of carbonyl (C=O) groups is 1. The number of nitriles is 1. The van der Waals surface area contributed by atoms with E-state index in [1.165, 1.54) is 12.1 Å². The molecule has 1 fully saturated rings. The zero-order valence-electron chi connectivity index (χ0n) is 25.8. The van der Waals surface area contributed by atoms with E-state index in [0.717, 1.165) is 65.9 Å². The molecule has 1 aliphatic heterocycles. The van der Waals surface area contributed by atoms with Crippen LogP contribution >= 0.6 is 0 Å². The molecular formula is C35H35FN6O4. The maximum atomic E-state index is 14.2. The van der Waals surface area contributed by atoms with Crippen LogP contribution in [0.15, 0.2) is 73.2 Å². The first kappa shape index (κ1) is 30.8. The van der Waals surface area contributed by atoms with E-state index < -0.39 is 11.8 Å². The maximum Gasteiger partial charge on any atom is 0.335 e. The van der Waals surface area contributed by atoms with Crippen LogP contribution in [-0.4, -0.2) is 54.3 Å². The summed E-state index contributed by atoms with van der Waals surface area (Å²) in [6, 6.07) is 19.0. The molecule has 0 bridgehead atoms. The Morgan fingerprint density at radius 1 is 1.11 bits per heavy atom. The van der Waals surface area contributed by atoms with E-state index in [-0.39, 0.29) is 35.6 Å². The molecule has 6 rings (SSSR count). The lowest BCUT2D eigenvalue weighted by molar-refractivity contribution is 0.0697. The molecular weight excluding hydrogens is 587 g/mol. The van der Waals surface area contributed by atoms with E-state index in [0.29, 0.717) is 13.1 Å². The van der Waals surface area contributed by atoms with Crippen molar-refractivity contribution in [3.05, 3.63) is 107 Å². The largest absolute Gasteiger partial charge is 0.490 e. The molecule has 236 valence electrons. The van der Waals surface area contributed by atoms with Crippen molar-refractivity contribution < 1.29 is 23.8 Å². The van der Waals surface area contributed by atoms with Crippen LogP contribution in [0.5, 0.6) is 11.5 Å². The molecule has 0 saturated carbocycles. The lowest BCUT2D eigenvalue weighted by Gasteiger charge is -2.32. The Hall–Kier alpha value is -5.21. The fourth-order valence-corrected chi connectivity index (χ4v) is 5.82. The van der Waals surface area contributed by atoms with Gasteiger partial charge < -0.3 is 23.7 Å². The van der Waals surface area contributed by atoms with Crippen molar-refractivity contribution in [2.45, 2.75) is 58.5 Å². The van der Waals surface area contributed by atoms with Crippen molar-refractivity contribution >= 4 is 17.0 Å². The lowest BCUT2D eigenvalue weighted by atomic mass is 10.1.